The molecule has 0 heterocycles. The highest BCUT2D eigenvalue weighted by Gasteiger charge is 1.99. The van der Waals surface area contributed by atoms with Gasteiger partial charge in [0.05, 0.1) is 13.2 Å². The van der Waals surface area contributed by atoms with Gasteiger partial charge in [0.15, 0.2) is 0 Å². The second-order valence-corrected chi connectivity index (χ2v) is 4.67. The van der Waals surface area contributed by atoms with Gasteiger partial charge < -0.3 is 10.1 Å². The molecular formula is C13H14INO2. The zero-order valence-electron chi connectivity index (χ0n) is 9.41. The van der Waals surface area contributed by atoms with E-state index in [4.69, 9.17) is 11.2 Å². The Labute approximate surface area is 115 Å². The zero-order valence-corrected chi connectivity index (χ0v) is 11.6. The van der Waals surface area contributed by atoms with Gasteiger partial charge in [-0.2, -0.15) is 0 Å². The van der Waals surface area contributed by atoms with E-state index in [-0.39, 0.29) is 6.54 Å². The van der Waals surface area contributed by atoms with Crippen LogP contribution in [0.4, 0.5) is 4.79 Å². The molecule has 1 amide bonds. The lowest BCUT2D eigenvalue weighted by molar-refractivity contribution is 0.146. The highest BCUT2D eigenvalue weighted by Crippen LogP contribution is 2.08. The van der Waals surface area contributed by atoms with Crippen molar-refractivity contribution in [2.24, 2.45) is 0 Å². The first-order valence-corrected chi connectivity index (χ1v) is 6.39. The lowest BCUT2D eigenvalue weighted by Gasteiger charge is -2.05. The van der Waals surface area contributed by atoms with Crippen LogP contribution in [0.25, 0.3) is 0 Å². The average Bonchev–Trinajstić information content (AvgIpc) is 2.34. The standard InChI is InChI=1S/C13H14INO2/c1-2-9-15-13(16)17-10-3-4-11-5-7-12(14)8-6-11/h1,5-8H,3-4,9-10H2,(H,15,16). The molecule has 0 radical (unpaired) electrons. The van der Waals surface area contributed by atoms with E-state index in [9.17, 15) is 4.79 Å². The number of amides is 1. The van der Waals surface area contributed by atoms with Crippen LogP contribution in [0.1, 0.15) is 12.0 Å². The number of ether oxygens (including phenoxy) is 1. The lowest BCUT2D eigenvalue weighted by Crippen LogP contribution is -2.24. The third-order valence-electron chi connectivity index (χ3n) is 2.09. The summed E-state index contributed by atoms with van der Waals surface area (Å²) in [7, 11) is 0. The number of aryl methyl sites for hydroxylation is 1. The Morgan fingerprint density at radius 2 is 2.12 bits per heavy atom. The topological polar surface area (TPSA) is 38.3 Å². The van der Waals surface area contributed by atoms with Crippen molar-refractivity contribution < 1.29 is 9.53 Å². The molecule has 1 aromatic rings. The monoisotopic (exact) mass is 343 g/mol. The number of halogens is 1. The Kier molecular flexibility index (Phi) is 6.48. The van der Waals surface area contributed by atoms with Gasteiger partial charge in [-0.15, -0.1) is 6.42 Å². The summed E-state index contributed by atoms with van der Waals surface area (Å²) < 4.78 is 6.16. The van der Waals surface area contributed by atoms with Crippen molar-refractivity contribution in [1.29, 1.82) is 0 Å². The van der Waals surface area contributed by atoms with E-state index in [0.29, 0.717) is 6.61 Å². The third-order valence-corrected chi connectivity index (χ3v) is 2.81. The van der Waals surface area contributed by atoms with Gasteiger partial charge in [0, 0.05) is 3.57 Å². The van der Waals surface area contributed by atoms with Gasteiger partial charge in [-0.05, 0) is 53.1 Å². The number of carbonyl (C=O) groups excluding carboxylic acids is 1. The summed E-state index contributed by atoms with van der Waals surface area (Å²) >= 11 is 2.27. The van der Waals surface area contributed by atoms with Gasteiger partial charge in [0.2, 0.25) is 0 Å². The summed E-state index contributed by atoms with van der Waals surface area (Å²) in [6.07, 6.45) is 6.26. The molecule has 90 valence electrons. The van der Waals surface area contributed by atoms with E-state index in [1.165, 1.54) is 9.13 Å². The van der Waals surface area contributed by atoms with Crippen LogP contribution in [0.15, 0.2) is 24.3 Å². The van der Waals surface area contributed by atoms with Crippen LogP contribution in [-0.2, 0) is 11.2 Å². The van der Waals surface area contributed by atoms with Crippen molar-refractivity contribution in [2.75, 3.05) is 13.2 Å². The van der Waals surface area contributed by atoms with Crippen LogP contribution >= 0.6 is 22.6 Å². The van der Waals surface area contributed by atoms with Gasteiger partial charge in [-0.1, -0.05) is 18.1 Å². The van der Waals surface area contributed by atoms with Gasteiger partial charge in [0.1, 0.15) is 0 Å². The van der Waals surface area contributed by atoms with E-state index in [1.54, 1.807) is 0 Å². The Bertz CT molecular complexity index is 395. The number of alkyl carbamates (subject to hydrolysis) is 1. The molecule has 0 aromatic heterocycles. The van der Waals surface area contributed by atoms with Crippen LogP contribution in [0, 0.1) is 15.9 Å². The minimum absolute atomic E-state index is 0.204. The van der Waals surface area contributed by atoms with Crippen LogP contribution in [0.5, 0.6) is 0 Å². The molecule has 0 atom stereocenters. The molecule has 1 N–H and O–H groups in total. The fraction of sp³-hybridized carbons (Fsp3) is 0.308. The summed E-state index contributed by atoms with van der Waals surface area (Å²) in [5.41, 5.74) is 1.25. The fourth-order valence-electron chi connectivity index (χ4n) is 1.27. The summed E-state index contributed by atoms with van der Waals surface area (Å²) in [4.78, 5) is 11.0. The summed E-state index contributed by atoms with van der Waals surface area (Å²) in [5, 5.41) is 2.44. The SMILES string of the molecule is C#CCNC(=O)OCCCc1ccc(I)cc1. The van der Waals surface area contributed by atoms with Crippen LogP contribution in [0.3, 0.4) is 0 Å². The first kappa shape index (κ1) is 13.8. The van der Waals surface area contributed by atoms with Crippen molar-refractivity contribution in [3.8, 4) is 12.3 Å². The number of benzene rings is 1. The maximum Gasteiger partial charge on any atom is 0.407 e. The fourth-order valence-corrected chi connectivity index (χ4v) is 1.63. The first-order chi connectivity index (χ1) is 8.22. The molecule has 3 nitrogen and oxygen atoms in total. The molecule has 0 unspecified atom stereocenters. The Morgan fingerprint density at radius 3 is 2.76 bits per heavy atom. The summed E-state index contributed by atoms with van der Waals surface area (Å²) in [6, 6.07) is 8.30. The molecule has 0 aliphatic rings. The van der Waals surface area contributed by atoms with Gasteiger partial charge in [-0.25, -0.2) is 4.79 Å². The minimum Gasteiger partial charge on any atom is -0.450 e. The number of carbonyl (C=O) groups is 1. The molecule has 0 saturated heterocycles. The molecule has 17 heavy (non-hydrogen) atoms. The van der Waals surface area contributed by atoms with Gasteiger partial charge in [0.25, 0.3) is 0 Å². The normalized spacial score (nSPS) is 9.41. The predicted octanol–water partition coefficient (Wildman–Crippen LogP) is 2.58. The Balaban J connectivity index is 2.14. The Morgan fingerprint density at radius 1 is 1.41 bits per heavy atom. The highest BCUT2D eigenvalue weighted by atomic mass is 127. The smallest absolute Gasteiger partial charge is 0.407 e. The molecule has 0 aliphatic carbocycles. The lowest BCUT2D eigenvalue weighted by atomic mass is 10.1. The maximum absolute atomic E-state index is 11.0. The van der Waals surface area contributed by atoms with Crippen molar-refractivity contribution in [3.63, 3.8) is 0 Å². The van der Waals surface area contributed by atoms with E-state index >= 15 is 0 Å². The molecule has 0 fully saturated rings. The highest BCUT2D eigenvalue weighted by molar-refractivity contribution is 14.1. The average molecular weight is 343 g/mol. The third kappa shape index (κ3) is 6.17. The number of nitrogens with one attached hydrogen (secondary N) is 1. The maximum atomic E-state index is 11.0. The second-order valence-electron chi connectivity index (χ2n) is 3.42. The van der Waals surface area contributed by atoms with E-state index in [0.717, 1.165) is 12.8 Å². The van der Waals surface area contributed by atoms with E-state index < -0.39 is 6.09 Å². The van der Waals surface area contributed by atoms with Crippen molar-refractivity contribution in [3.05, 3.63) is 33.4 Å². The molecule has 0 spiro atoms. The van der Waals surface area contributed by atoms with Crippen molar-refractivity contribution in [1.82, 2.24) is 5.32 Å². The molecular weight excluding hydrogens is 329 g/mol. The van der Waals surface area contributed by atoms with Crippen molar-refractivity contribution >= 4 is 28.7 Å². The zero-order chi connectivity index (χ0) is 12.5. The number of hydrogen-bond acceptors (Lipinski definition) is 2. The van der Waals surface area contributed by atoms with E-state index in [1.807, 2.05) is 0 Å². The first-order valence-electron chi connectivity index (χ1n) is 5.31. The van der Waals surface area contributed by atoms with E-state index in [2.05, 4.69) is 58.1 Å². The van der Waals surface area contributed by atoms with Gasteiger partial charge >= 0.3 is 6.09 Å². The predicted molar refractivity (Wildman–Crippen MR) is 75.7 cm³/mol. The van der Waals surface area contributed by atoms with Crippen molar-refractivity contribution in [2.45, 2.75) is 12.8 Å². The Hall–Kier alpha value is -1.22. The summed E-state index contributed by atoms with van der Waals surface area (Å²) in [5.74, 6) is 2.31. The van der Waals surface area contributed by atoms with Crippen LogP contribution < -0.4 is 5.32 Å². The molecule has 0 bridgehead atoms. The molecule has 0 aliphatic heterocycles. The quantitative estimate of drug-likeness (QED) is 0.507. The van der Waals surface area contributed by atoms with Crippen LogP contribution in [0.2, 0.25) is 0 Å². The number of terminal acetylenes is 1. The second kappa shape index (κ2) is 7.96. The number of hydrogen-bond donors (Lipinski definition) is 1. The minimum atomic E-state index is -0.453. The summed E-state index contributed by atoms with van der Waals surface area (Å²) in [6.45, 7) is 0.609. The largest absolute Gasteiger partial charge is 0.450 e. The molecule has 4 heteroatoms. The van der Waals surface area contributed by atoms with Crippen LogP contribution in [-0.4, -0.2) is 19.2 Å². The number of rotatable bonds is 5. The molecule has 0 saturated carbocycles. The molecule has 1 aromatic carbocycles. The van der Waals surface area contributed by atoms with Gasteiger partial charge in [-0.3, -0.25) is 0 Å². The molecule has 1 rings (SSSR count).